The molecule has 0 aromatic rings. The second-order valence-electron chi connectivity index (χ2n) is 2.99. The van der Waals surface area contributed by atoms with Crippen molar-refractivity contribution in [3.8, 4) is 0 Å². The fourth-order valence-corrected chi connectivity index (χ4v) is 1.91. The van der Waals surface area contributed by atoms with E-state index in [1.807, 2.05) is 6.08 Å². The van der Waals surface area contributed by atoms with E-state index in [1.54, 1.807) is 0 Å². The Labute approximate surface area is 66.0 Å². The van der Waals surface area contributed by atoms with Crippen molar-refractivity contribution in [3.63, 3.8) is 0 Å². The second kappa shape index (κ2) is 3.94. The van der Waals surface area contributed by atoms with Crippen molar-refractivity contribution in [1.29, 1.82) is 0 Å². The normalized spacial score (nSPS) is 30.4. The predicted octanol–water partition coefficient (Wildman–Crippen LogP) is 1.03. The van der Waals surface area contributed by atoms with Crippen molar-refractivity contribution in [2.45, 2.75) is 31.8 Å². The van der Waals surface area contributed by atoms with Gasteiger partial charge < -0.3 is 4.43 Å². The topological polar surface area (TPSA) is 9.23 Å². The smallest absolute Gasteiger partial charge is 0.146 e. The number of hydrogen-bond donors (Lipinski definition) is 0. The third-order valence-corrected chi connectivity index (χ3v) is 2.75. The van der Waals surface area contributed by atoms with E-state index < -0.39 is 0 Å². The maximum Gasteiger partial charge on any atom is 0.146 e. The molecule has 2 atom stereocenters. The molecule has 0 saturated heterocycles. The number of hydrogen-bond acceptors (Lipinski definition) is 1. The van der Waals surface area contributed by atoms with Crippen molar-refractivity contribution in [2.75, 3.05) is 0 Å². The van der Waals surface area contributed by atoms with Crippen molar-refractivity contribution >= 4 is 10.5 Å². The summed E-state index contributed by atoms with van der Waals surface area (Å²) in [4.78, 5) is 0. The molecule has 0 radical (unpaired) electrons. The van der Waals surface area contributed by atoms with E-state index in [0.717, 1.165) is 16.4 Å². The minimum atomic E-state index is 0.650. The van der Waals surface area contributed by atoms with Crippen molar-refractivity contribution < 1.29 is 4.43 Å². The van der Waals surface area contributed by atoms with E-state index in [1.165, 1.54) is 25.7 Å². The molecule has 0 amide bonds. The van der Waals surface area contributed by atoms with E-state index in [2.05, 4.69) is 6.58 Å². The van der Waals surface area contributed by atoms with Crippen LogP contribution in [0.5, 0.6) is 0 Å². The lowest BCUT2D eigenvalue weighted by atomic mass is 10.2. The lowest BCUT2D eigenvalue weighted by Crippen LogP contribution is -1.91. The van der Waals surface area contributed by atoms with Gasteiger partial charge in [-0.1, -0.05) is 6.08 Å². The van der Waals surface area contributed by atoms with Crippen LogP contribution in [0.3, 0.4) is 0 Å². The zero-order chi connectivity index (χ0) is 7.40. The molecule has 0 N–H and O–H groups in total. The summed E-state index contributed by atoms with van der Waals surface area (Å²) < 4.78 is 5.32. The molecule has 1 saturated carbocycles. The third-order valence-electron chi connectivity index (χ3n) is 2.14. The van der Waals surface area contributed by atoms with Gasteiger partial charge in [-0.05, 0) is 31.6 Å². The van der Waals surface area contributed by atoms with Crippen LogP contribution in [-0.2, 0) is 4.43 Å². The largest absolute Gasteiger partial charge is 0.425 e. The molecule has 0 aromatic carbocycles. The summed E-state index contributed by atoms with van der Waals surface area (Å²) in [5.74, 6) is 0.900. The van der Waals surface area contributed by atoms with E-state index in [-0.39, 0.29) is 0 Å². The molecule has 1 aliphatic carbocycles. The first-order valence-electron chi connectivity index (χ1n) is 4.02. The maximum absolute atomic E-state index is 5.32. The first kappa shape index (κ1) is 8.02. The molecule has 2 heteroatoms. The van der Waals surface area contributed by atoms with Crippen LogP contribution < -0.4 is 0 Å². The van der Waals surface area contributed by atoms with Gasteiger partial charge >= 0.3 is 0 Å². The first-order valence-corrected chi connectivity index (χ1v) is 4.84. The molecule has 10 heavy (non-hydrogen) atoms. The molecule has 0 bridgehead atoms. The van der Waals surface area contributed by atoms with E-state index in [0.29, 0.717) is 6.10 Å². The molecule has 58 valence electrons. The van der Waals surface area contributed by atoms with Gasteiger partial charge in [-0.2, -0.15) is 0 Å². The Balaban J connectivity index is 1.91. The monoisotopic (exact) mass is 156 g/mol. The molecule has 0 aliphatic heterocycles. The van der Waals surface area contributed by atoms with E-state index in [4.69, 9.17) is 4.43 Å². The summed E-state index contributed by atoms with van der Waals surface area (Å²) in [5, 5.41) is 0. The third kappa shape index (κ3) is 2.27. The summed E-state index contributed by atoms with van der Waals surface area (Å²) >= 11 is 0. The SMILES string of the molecule is C=CCCCC1CC1O[SiH3]. The molecule has 0 spiro atoms. The first-order chi connectivity index (χ1) is 4.88. The standard InChI is InChI=1S/C8H16OSi/c1-2-3-4-5-7-6-8(7)9-10/h2,7-8H,1,3-6H2,10H3. The van der Waals surface area contributed by atoms with E-state index in [9.17, 15) is 0 Å². The summed E-state index contributed by atoms with van der Waals surface area (Å²) in [6, 6.07) is 0. The fraction of sp³-hybridized carbons (Fsp3) is 0.750. The van der Waals surface area contributed by atoms with E-state index >= 15 is 0 Å². The highest BCUT2D eigenvalue weighted by Gasteiger charge is 2.35. The quantitative estimate of drug-likeness (QED) is 0.328. The van der Waals surface area contributed by atoms with Crippen molar-refractivity contribution in [3.05, 3.63) is 12.7 Å². The van der Waals surface area contributed by atoms with Gasteiger partial charge in [-0.15, -0.1) is 6.58 Å². The number of unbranched alkanes of at least 4 members (excludes halogenated alkanes) is 1. The van der Waals surface area contributed by atoms with Gasteiger partial charge in [0.25, 0.3) is 0 Å². The average Bonchev–Trinajstić information content (AvgIpc) is 2.68. The lowest BCUT2D eigenvalue weighted by Gasteiger charge is -1.95. The lowest BCUT2D eigenvalue weighted by molar-refractivity contribution is 0.308. The van der Waals surface area contributed by atoms with Crippen LogP contribution in [0.25, 0.3) is 0 Å². The van der Waals surface area contributed by atoms with Gasteiger partial charge in [0.15, 0.2) is 0 Å². The molecule has 1 rings (SSSR count). The van der Waals surface area contributed by atoms with Crippen LogP contribution in [0.4, 0.5) is 0 Å². The Bertz CT molecular complexity index is 114. The minimum absolute atomic E-state index is 0.650. The minimum Gasteiger partial charge on any atom is -0.425 e. The van der Waals surface area contributed by atoms with Crippen LogP contribution in [0.1, 0.15) is 25.7 Å². The van der Waals surface area contributed by atoms with Gasteiger partial charge in [0.05, 0.1) is 0 Å². The molecule has 1 fully saturated rings. The zero-order valence-electron chi connectivity index (χ0n) is 6.68. The Morgan fingerprint density at radius 2 is 2.50 bits per heavy atom. The highest BCUT2D eigenvalue weighted by Crippen LogP contribution is 2.37. The maximum atomic E-state index is 5.32. The van der Waals surface area contributed by atoms with Crippen LogP contribution in [0.2, 0.25) is 0 Å². The molecule has 0 heterocycles. The summed E-state index contributed by atoms with van der Waals surface area (Å²) in [7, 11) is 0.914. The van der Waals surface area contributed by atoms with Gasteiger partial charge in [0.2, 0.25) is 0 Å². The van der Waals surface area contributed by atoms with Gasteiger partial charge in [-0.25, -0.2) is 0 Å². The molecule has 1 nitrogen and oxygen atoms in total. The van der Waals surface area contributed by atoms with Crippen molar-refractivity contribution in [1.82, 2.24) is 0 Å². The Kier molecular flexibility index (Phi) is 3.16. The zero-order valence-corrected chi connectivity index (χ0v) is 8.68. The number of rotatable bonds is 5. The molecule has 2 unspecified atom stereocenters. The Morgan fingerprint density at radius 1 is 1.70 bits per heavy atom. The average molecular weight is 156 g/mol. The molecule has 1 aliphatic rings. The highest BCUT2D eigenvalue weighted by atomic mass is 28.2. The summed E-state index contributed by atoms with van der Waals surface area (Å²) in [6.07, 6.45) is 7.79. The fourth-order valence-electron chi connectivity index (χ4n) is 1.34. The number of allylic oxidation sites excluding steroid dienone is 1. The van der Waals surface area contributed by atoms with Crippen LogP contribution >= 0.6 is 0 Å². The summed E-state index contributed by atoms with van der Waals surface area (Å²) in [5.41, 5.74) is 0. The highest BCUT2D eigenvalue weighted by molar-refractivity contribution is 5.98. The van der Waals surface area contributed by atoms with Crippen LogP contribution in [0, 0.1) is 5.92 Å². The van der Waals surface area contributed by atoms with Gasteiger partial charge in [-0.3, -0.25) is 0 Å². The van der Waals surface area contributed by atoms with Crippen molar-refractivity contribution in [2.24, 2.45) is 5.92 Å². The van der Waals surface area contributed by atoms with Crippen LogP contribution in [-0.4, -0.2) is 16.6 Å². The Morgan fingerprint density at radius 3 is 3.00 bits per heavy atom. The molecule has 0 aromatic heterocycles. The molecular formula is C8H16OSi. The second-order valence-corrected chi connectivity index (χ2v) is 3.46. The van der Waals surface area contributed by atoms with Gasteiger partial charge in [0, 0.05) is 6.10 Å². The Hall–Kier alpha value is -0.0831. The van der Waals surface area contributed by atoms with Gasteiger partial charge in [0.1, 0.15) is 10.5 Å². The summed E-state index contributed by atoms with van der Waals surface area (Å²) in [6.45, 7) is 3.69. The predicted molar refractivity (Wildman–Crippen MR) is 47.0 cm³/mol. The van der Waals surface area contributed by atoms with Crippen LogP contribution in [0.15, 0.2) is 12.7 Å². The molecular weight excluding hydrogens is 140 g/mol.